The van der Waals surface area contributed by atoms with Crippen LogP contribution < -0.4 is 4.74 Å². The molecule has 3 atom stereocenters. The number of nitrogens with zero attached hydrogens (tertiary/aromatic N) is 2. The number of aliphatic hydroxyl groups excluding tert-OH is 1. The van der Waals surface area contributed by atoms with Gasteiger partial charge in [0.05, 0.1) is 6.61 Å². The van der Waals surface area contributed by atoms with Gasteiger partial charge in [-0.05, 0) is 45.1 Å². The number of hydrogen-bond donors (Lipinski definition) is 1. The van der Waals surface area contributed by atoms with Gasteiger partial charge in [-0.1, -0.05) is 32.6 Å². The van der Waals surface area contributed by atoms with Crippen molar-refractivity contribution in [3.63, 3.8) is 0 Å². The molecule has 0 fully saturated rings. The van der Waals surface area contributed by atoms with Crippen LogP contribution in [0.2, 0.25) is 0 Å². The van der Waals surface area contributed by atoms with Crippen molar-refractivity contribution >= 4 is 10.0 Å². The van der Waals surface area contributed by atoms with E-state index in [0.717, 1.165) is 12.0 Å². The fourth-order valence-electron chi connectivity index (χ4n) is 3.24. The van der Waals surface area contributed by atoms with Gasteiger partial charge in [-0.2, -0.15) is 4.31 Å². The Balaban J connectivity index is 2.56. The summed E-state index contributed by atoms with van der Waals surface area (Å²) in [6, 6.07) is 4.51. The van der Waals surface area contributed by atoms with Crippen LogP contribution in [0.1, 0.15) is 39.7 Å². The van der Waals surface area contributed by atoms with E-state index in [1.54, 1.807) is 25.1 Å². The van der Waals surface area contributed by atoms with Crippen molar-refractivity contribution in [2.45, 2.75) is 51.2 Å². The topological polar surface area (TPSA) is 70.1 Å². The molecule has 6 nitrogen and oxygen atoms in total. The van der Waals surface area contributed by atoms with Crippen LogP contribution >= 0.6 is 0 Å². The molecule has 0 saturated carbocycles. The Bertz CT molecular complexity index is 855. The van der Waals surface area contributed by atoms with E-state index in [1.807, 2.05) is 25.9 Å². The van der Waals surface area contributed by atoms with E-state index in [4.69, 9.17) is 4.74 Å². The fraction of sp³-hybridized carbons (Fsp3) is 0.636. The van der Waals surface area contributed by atoms with Crippen molar-refractivity contribution in [2.24, 2.45) is 11.8 Å². The molecule has 0 amide bonds. The van der Waals surface area contributed by atoms with Crippen molar-refractivity contribution in [3.8, 4) is 17.6 Å². The maximum Gasteiger partial charge on any atom is 0.247 e. The summed E-state index contributed by atoms with van der Waals surface area (Å²) in [6.45, 7) is 8.63. The summed E-state index contributed by atoms with van der Waals surface area (Å²) in [7, 11) is 0.130. The SMILES string of the molecule is CC(C)CC#Cc1ccc2c(c1)O[C@@H](CN(C)C)[C@H](C)CN([C@H](C)CO)S2(=O)=O. The fourth-order valence-corrected chi connectivity index (χ4v) is 5.06. The maximum atomic E-state index is 13.4. The molecule has 0 aromatic heterocycles. The standard InChI is InChI=1S/C22H34N2O4S/c1-16(2)8-7-9-19-10-11-22-20(12-19)28-21(14-23(5)6)17(3)13-24(18(4)15-25)29(22,26)27/h10-12,16-18,21,25H,8,13-15H2,1-6H3/t17-,18-,21+/m1/s1. The molecule has 1 heterocycles. The summed E-state index contributed by atoms with van der Waals surface area (Å²) in [5, 5.41) is 9.65. The molecule has 1 aliphatic rings. The van der Waals surface area contributed by atoms with Crippen LogP contribution in [0.15, 0.2) is 23.1 Å². The molecule has 2 rings (SSSR count). The Morgan fingerprint density at radius 2 is 2.00 bits per heavy atom. The second-order valence-corrected chi connectivity index (χ2v) is 10.4. The van der Waals surface area contributed by atoms with E-state index in [2.05, 4.69) is 25.7 Å². The van der Waals surface area contributed by atoms with E-state index in [0.29, 0.717) is 18.2 Å². The van der Waals surface area contributed by atoms with E-state index >= 15 is 0 Å². The van der Waals surface area contributed by atoms with Crippen LogP contribution in [-0.4, -0.2) is 68.7 Å². The highest BCUT2D eigenvalue weighted by atomic mass is 32.2. The quantitative estimate of drug-likeness (QED) is 0.738. The largest absolute Gasteiger partial charge is 0.487 e. The summed E-state index contributed by atoms with van der Waals surface area (Å²) in [6.07, 6.45) is 0.588. The highest BCUT2D eigenvalue weighted by Gasteiger charge is 2.37. The van der Waals surface area contributed by atoms with Gasteiger partial charge in [-0.25, -0.2) is 8.42 Å². The van der Waals surface area contributed by atoms with Crippen molar-refractivity contribution in [2.75, 3.05) is 33.8 Å². The molecular weight excluding hydrogens is 388 g/mol. The number of aliphatic hydroxyl groups is 1. The minimum atomic E-state index is -3.80. The first-order valence-corrected chi connectivity index (χ1v) is 11.6. The third-order valence-corrected chi connectivity index (χ3v) is 6.97. The smallest absolute Gasteiger partial charge is 0.247 e. The Kier molecular flexibility index (Phi) is 8.12. The summed E-state index contributed by atoms with van der Waals surface area (Å²) in [5.74, 6) is 7.00. The molecule has 0 spiro atoms. The van der Waals surface area contributed by atoms with Gasteiger partial charge in [0, 0.05) is 37.0 Å². The summed E-state index contributed by atoms with van der Waals surface area (Å²) in [4.78, 5) is 2.16. The number of hydrogen-bond acceptors (Lipinski definition) is 5. The van der Waals surface area contributed by atoms with Gasteiger partial charge in [0.2, 0.25) is 10.0 Å². The molecule has 0 aliphatic carbocycles. The highest BCUT2D eigenvalue weighted by Crippen LogP contribution is 2.34. The van der Waals surface area contributed by atoms with Gasteiger partial charge in [0.15, 0.2) is 0 Å². The van der Waals surface area contributed by atoms with Gasteiger partial charge in [-0.15, -0.1) is 0 Å². The zero-order chi connectivity index (χ0) is 21.8. The molecule has 1 aromatic rings. The molecule has 0 bridgehead atoms. The predicted molar refractivity (Wildman–Crippen MR) is 115 cm³/mol. The Labute approximate surface area is 175 Å². The number of benzene rings is 1. The molecule has 29 heavy (non-hydrogen) atoms. The normalized spacial score (nSPS) is 22.8. The van der Waals surface area contributed by atoms with Crippen molar-refractivity contribution in [1.82, 2.24) is 9.21 Å². The number of sulfonamides is 1. The number of rotatable bonds is 5. The van der Waals surface area contributed by atoms with Crippen molar-refractivity contribution in [1.29, 1.82) is 0 Å². The average molecular weight is 423 g/mol. The van der Waals surface area contributed by atoms with E-state index < -0.39 is 16.1 Å². The molecule has 0 radical (unpaired) electrons. The Hall–Kier alpha value is -1.59. The molecule has 1 N–H and O–H groups in total. The van der Waals surface area contributed by atoms with Crippen LogP contribution in [0.25, 0.3) is 0 Å². The van der Waals surface area contributed by atoms with Gasteiger partial charge in [-0.3, -0.25) is 0 Å². The molecule has 0 unspecified atom stereocenters. The minimum Gasteiger partial charge on any atom is -0.487 e. The summed E-state index contributed by atoms with van der Waals surface area (Å²) in [5.41, 5.74) is 0.734. The molecular formula is C22H34N2O4S. The highest BCUT2D eigenvalue weighted by molar-refractivity contribution is 7.89. The second kappa shape index (κ2) is 9.94. The van der Waals surface area contributed by atoms with E-state index in [1.165, 1.54) is 4.31 Å². The molecule has 1 aliphatic heterocycles. The van der Waals surface area contributed by atoms with Crippen LogP contribution in [0.5, 0.6) is 5.75 Å². The molecule has 7 heteroatoms. The molecule has 1 aromatic carbocycles. The lowest BCUT2D eigenvalue weighted by Gasteiger charge is -2.37. The average Bonchev–Trinajstić information content (AvgIpc) is 2.63. The number of ether oxygens (including phenoxy) is 1. The third-order valence-electron chi connectivity index (χ3n) is 4.96. The lowest BCUT2D eigenvalue weighted by Crippen LogP contribution is -2.49. The lowest BCUT2D eigenvalue weighted by atomic mass is 10.0. The maximum absolute atomic E-state index is 13.4. The Morgan fingerprint density at radius 1 is 1.31 bits per heavy atom. The van der Waals surface area contributed by atoms with Crippen LogP contribution in [-0.2, 0) is 10.0 Å². The second-order valence-electron chi connectivity index (χ2n) is 8.56. The monoisotopic (exact) mass is 422 g/mol. The summed E-state index contributed by atoms with van der Waals surface area (Å²) >= 11 is 0. The van der Waals surface area contributed by atoms with E-state index in [-0.39, 0.29) is 30.1 Å². The predicted octanol–water partition coefficient (Wildman–Crippen LogP) is 2.41. The number of fused-ring (bicyclic) bond motifs is 1. The Morgan fingerprint density at radius 3 is 2.59 bits per heavy atom. The zero-order valence-electron chi connectivity index (χ0n) is 18.3. The zero-order valence-corrected chi connectivity index (χ0v) is 19.2. The van der Waals surface area contributed by atoms with Crippen molar-refractivity contribution < 1.29 is 18.3 Å². The first-order chi connectivity index (χ1) is 13.6. The van der Waals surface area contributed by atoms with E-state index in [9.17, 15) is 13.5 Å². The van der Waals surface area contributed by atoms with Gasteiger partial charge in [0.1, 0.15) is 16.7 Å². The number of likely N-dealkylation sites (N-methyl/N-ethyl adjacent to an activating group) is 1. The first kappa shape index (κ1) is 23.7. The lowest BCUT2D eigenvalue weighted by molar-refractivity contribution is 0.0812. The van der Waals surface area contributed by atoms with Gasteiger partial charge in [0.25, 0.3) is 0 Å². The van der Waals surface area contributed by atoms with Crippen molar-refractivity contribution in [3.05, 3.63) is 23.8 Å². The van der Waals surface area contributed by atoms with Crippen LogP contribution in [0.3, 0.4) is 0 Å². The minimum absolute atomic E-state index is 0.0509. The van der Waals surface area contributed by atoms with Crippen LogP contribution in [0, 0.1) is 23.7 Å². The van der Waals surface area contributed by atoms with Gasteiger partial charge < -0.3 is 14.7 Å². The summed E-state index contributed by atoms with van der Waals surface area (Å²) < 4.78 is 34.4. The van der Waals surface area contributed by atoms with Gasteiger partial charge >= 0.3 is 0 Å². The van der Waals surface area contributed by atoms with Crippen LogP contribution in [0.4, 0.5) is 0 Å². The first-order valence-electron chi connectivity index (χ1n) is 10.1. The third kappa shape index (κ3) is 5.95. The molecule has 162 valence electrons. The molecule has 0 saturated heterocycles.